The van der Waals surface area contributed by atoms with Crippen LogP contribution in [0.5, 0.6) is 0 Å². The minimum Gasteiger partial charge on any atom is -0.444 e. The van der Waals surface area contributed by atoms with E-state index in [1.54, 1.807) is 27.9 Å². The summed E-state index contributed by atoms with van der Waals surface area (Å²) in [6.07, 6.45) is 1.96. The van der Waals surface area contributed by atoms with Crippen LogP contribution < -0.4 is 11.1 Å². The van der Waals surface area contributed by atoms with E-state index in [0.717, 1.165) is 5.56 Å². The summed E-state index contributed by atoms with van der Waals surface area (Å²) in [5.74, 6) is -2.79. The summed E-state index contributed by atoms with van der Waals surface area (Å²) < 4.78 is 5.34. The van der Waals surface area contributed by atoms with Crippen molar-refractivity contribution in [2.75, 3.05) is 27.2 Å². The van der Waals surface area contributed by atoms with Crippen molar-refractivity contribution in [3.8, 4) is 0 Å². The first-order chi connectivity index (χ1) is 16.7. The molecule has 1 rings (SSSR count). The van der Waals surface area contributed by atoms with Crippen LogP contribution in [0, 0.1) is 5.92 Å². The van der Waals surface area contributed by atoms with Gasteiger partial charge in [0.15, 0.2) is 0 Å². The highest BCUT2D eigenvalue weighted by molar-refractivity contribution is 6.07. The Morgan fingerprint density at radius 2 is 1.53 bits per heavy atom. The summed E-state index contributed by atoms with van der Waals surface area (Å²) in [6.45, 7) is 9.59. The number of nitrogens with two attached hydrogens (primary N) is 1. The lowest BCUT2D eigenvalue weighted by molar-refractivity contribution is -0.145. The third-order valence-electron chi connectivity index (χ3n) is 5.87. The van der Waals surface area contributed by atoms with Crippen LogP contribution in [0.25, 0.3) is 0 Å². The first-order valence-corrected chi connectivity index (χ1v) is 12.5. The molecule has 0 radical (unpaired) electrons. The predicted molar refractivity (Wildman–Crippen MR) is 140 cm³/mol. The molecule has 0 spiro atoms. The van der Waals surface area contributed by atoms with Gasteiger partial charge in [0.2, 0.25) is 17.7 Å². The highest BCUT2D eigenvalue weighted by atomic mass is 16.6. The lowest BCUT2D eigenvalue weighted by atomic mass is 9.80. The largest absolute Gasteiger partial charge is 0.444 e. The van der Waals surface area contributed by atoms with Crippen LogP contribution in [-0.4, -0.2) is 71.9 Å². The maximum atomic E-state index is 13.4. The van der Waals surface area contributed by atoms with Crippen molar-refractivity contribution in [3.63, 3.8) is 0 Å². The number of aryl methyl sites for hydroxylation is 1. The van der Waals surface area contributed by atoms with Crippen LogP contribution in [0.1, 0.15) is 65.9 Å². The molecule has 0 unspecified atom stereocenters. The molecule has 202 valence electrons. The van der Waals surface area contributed by atoms with E-state index in [-0.39, 0.29) is 6.42 Å². The molecular formula is C27H44N4O5. The number of carbonyl (C=O) groups is 4. The number of benzene rings is 1. The van der Waals surface area contributed by atoms with Gasteiger partial charge in [-0.15, -0.1) is 0 Å². The topological polar surface area (TPSA) is 122 Å². The maximum Gasteiger partial charge on any atom is 0.410 e. The number of carbonyl (C=O) groups excluding carboxylic acids is 4. The van der Waals surface area contributed by atoms with E-state index in [0.29, 0.717) is 38.8 Å². The van der Waals surface area contributed by atoms with Crippen molar-refractivity contribution in [1.29, 1.82) is 0 Å². The van der Waals surface area contributed by atoms with Gasteiger partial charge in [-0.05, 0) is 58.9 Å². The minimum absolute atomic E-state index is 0.124. The van der Waals surface area contributed by atoms with E-state index in [4.69, 9.17) is 10.5 Å². The van der Waals surface area contributed by atoms with E-state index in [1.165, 1.54) is 9.80 Å². The zero-order chi connectivity index (χ0) is 27.5. The molecule has 0 fully saturated rings. The fourth-order valence-corrected chi connectivity index (χ4v) is 3.65. The van der Waals surface area contributed by atoms with Crippen molar-refractivity contribution < 1.29 is 23.9 Å². The summed E-state index contributed by atoms with van der Waals surface area (Å²) in [4.78, 5) is 53.4. The Morgan fingerprint density at radius 1 is 0.972 bits per heavy atom. The van der Waals surface area contributed by atoms with Crippen LogP contribution in [0.4, 0.5) is 4.79 Å². The van der Waals surface area contributed by atoms with Crippen molar-refractivity contribution in [2.24, 2.45) is 11.7 Å². The number of rotatable bonds is 12. The van der Waals surface area contributed by atoms with E-state index in [9.17, 15) is 19.2 Å². The average Bonchev–Trinajstić information content (AvgIpc) is 2.79. The minimum atomic E-state index is -1.22. The van der Waals surface area contributed by atoms with Crippen LogP contribution in [0.15, 0.2) is 30.3 Å². The van der Waals surface area contributed by atoms with Crippen molar-refractivity contribution in [2.45, 2.75) is 77.9 Å². The second-order valence-corrected chi connectivity index (χ2v) is 10.6. The summed E-state index contributed by atoms with van der Waals surface area (Å²) in [5.41, 5.74) is 5.88. The Morgan fingerprint density at radius 3 is 2.06 bits per heavy atom. The third kappa shape index (κ3) is 10.8. The van der Waals surface area contributed by atoms with Gasteiger partial charge in [-0.2, -0.15) is 0 Å². The molecule has 36 heavy (non-hydrogen) atoms. The molecule has 3 N–H and O–H groups in total. The number of unbranched alkanes of at least 4 members (excludes halogenated alkanes) is 1. The summed E-state index contributed by atoms with van der Waals surface area (Å²) in [7, 11) is 3.29. The lowest BCUT2D eigenvalue weighted by Crippen LogP contribution is -2.58. The molecule has 0 heterocycles. The number of hydrogen-bond acceptors (Lipinski definition) is 6. The van der Waals surface area contributed by atoms with Crippen molar-refractivity contribution in [3.05, 3.63) is 35.9 Å². The second kappa shape index (κ2) is 14.0. The van der Waals surface area contributed by atoms with Crippen LogP contribution in [0.3, 0.4) is 0 Å². The molecular weight excluding hydrogens is 460 g/mol. The van der Waals surface area contributed by atoms with E-state index >= 15 is 0 Å². The zero-order valence-corrected chi connectivity index (χ0v) is 22.9. The Labute approximate surface area is 215 Å². The highest BCUT2D eigenvalue weighted by Gasteiger charge is 2.43. The van der Waals surface area contributed by atoms with Gasteiger partial charge in [0, 0.05) is 39.1 Å². The molecule has 0 aliphatic rings. The van der Waals surface area contributed by atoms with Crippen LogP contribution in [-0.2, 0) is 25.5 Å². The third-order valence-corrected chi connectivity index (χ3v) is 5.87. The molecule has 2 atom stereocenters. The molecule has 0 bridgehead atoms. The molecule has 0 saturated heterocycles. The monoisotopic (exact) mass is 504 g/mol. The highest BCUT2D eigenvalue weighted by Crippen LogP contribution is 2.24. The standard InChI is InChI=1S/C27H44N4O5/c1-8-21(32)29-23(33)22(27(5,28)17-16-20-14-10-9-11-15-20)24(34)30(6)18-12-13-19-31(7)25(35)36-26(2,3)4/h9-11,14-15,22H,8,12-13,16-19,28H2,1-7H3,(H,29,32,33)/t22-,27-/m1/s1. The number of imide groups is 1. The van der Waals surface area contributed by atoms with Crippen LogP contribution >= 0.6 is 0 Å². The molecule has 9 heteroatoms. The average molecular weight is 505 g/mol. The predicted octanol–water partition coefficient (Wildman–Crippen LogP) is 3.11. The smallest absolute Gasteiger partial charge is 0.410 e. The first-order valence-electron chi connectivity index (χ1n) is 12.5. The molecule has 0 aliphatic heterocycles. The molecule has 1 aromatic carbocycles. The van der Waals surface area contributed by atoms with Gasteiger partial charge in [-0.25, -0.2) is 4.79 Å². The summed E-state index contributed by atoms with van der Waals surface area (Å²) in [6, 6.07) is 9.70. The number of nitrogens with one attached hydrogen (secondary N) is 1. The fraction of sp³-hybridized carbons (Fsp3) is 0.630. The Hall–Kier alpha value is -2.94. The van der Waals surface area contributed by atoms with Gasteiger partial charge >= 0.3 is 6.09 Å². The van der Waals surface area contributed by atoms with Crippen LogP contribution in [0.2, 0.25) is 0 Å². The number of amides is 4. The zero-order valence-electron chi connectivity index (χ0n) is 22.9. The number of nitrogens with zero attached hydrogens (tertiary/aromatic N) is 2. The van der Waals surface area contributed by atoms with E-state index < -0.39 is 40.9 Å². The maximum absolute atomic E-state index is 13.4. The SMILES string of the molecule is CCC(=O)NC(=O)[C@H](C(=O)N(C)CCCCN(C)C(=O)OC(C)(C)C)[C@](C)(N)CCc1ccccc1. The van der Waals surface area contributed by atoms with Gasteiger partial charge in [0.05, 0.1) is 0 Å². The fourth-order valence-electron chi connectivity index (χ4n) is 3.65. The van der Waals surface area contributed by atoms with Gasteiger partial charge in [0.25, 0.3) is 0 Å². The second-order valence-electron chi connectivity index (χ2n) is 10.6. The van der Waals surface area contributed by atoms with Crippen molar-refractivity contribution >= 4 is 23.8 Å². The molecule has 9 nitrogen and oxygen atoms in total. The Kier molecular flexibility index (Phi) is 12.1. The molecule has 0 aliphatic carbocycles. The Bertz CT molecular complexity index is 880. The number of hydrogen-bond donors (Lipinski definition) is 2. The number of ether oxygens (including phenoxy) is 1. The summed E-state index contributed by atoms with van der Waals surface area (Å²) in [5, 5.41) is 2.32. The van der Waals surface area contributed by atoms with Gasteiger partial charge in [-0.1, -0.05) is 37.3 Å². The van der Waals surface area contributed by atoms with E-state index in [1.807, 2.05) is 51.1 Å². The van der Waals surface area contributed by atoms with Crippen molar-refractivity contribution in [1.82, 2.24) is 15.1 Å². The molecule has 0 aromatic heterocycles. The van der Waals surface area contributed by atoms with Gasteiger partial charge < -0.3 is 20.3 Å². The van der Waals surface area contributed by atoms with E-state index in [2.05, 4.69) is 5.32 Å². The van der Waals surface area contributed by atoms with Gasteiger partial charge in [-0.3, -0.25) is 19.7 Å². The summed E-state index contributed by atoms with van der Waals surface area (Å²) >= 11 is 0. The normalized spacial score (nSPS) is 13.8. The molecule has 4 amide bonds. The quantitative estimate of drug-likeness (QED) is 0.333. The van der Waals surface area contributed by atoms with Gasteiger partial charge in [0.1, 0.15) is 11.5 Å². The lowest BCUT2D eigenvalue weighted by Gasteiger charge is -2.35. The Balaban J connectivity index is 2.81. The molecule has 0 saturated carbocycles. The molecule has 1 aromatic rings. The first kappa shape index (κ1) is 31.1.